The average molecular weight is 313 g/mol. The minimum Gasteiger partial charge on any atom is -0.458 e. The summed E-state index contributed by atoms with van der Waals surface area (Å²) in [7, 11) is 0. The molecule has 5 heteroatoms. The topological polar surface area (TPSA) is 26.3 Å². The molecule has 1 heterocycles. The normalized spacial score (nSPS) is 10.8. The second kappa shape index (κ2) is 6.75. The summed E-state index contributed by atoms with van der Waals surface area (Å²) in [6, 6.07) is 8.90. The number of halogens is 2. The van der Waals surface area contributed by atoms with Crippen LogP contribution in [0.4, 0.5) is 0 Å². The standard InChI is InChI=1S/C14H10Cl2O2S/c15-11-4-3-10(13(16)8-11)9-18-14(17)6-5-12-2-1-7-19-12/h1-8H,9H2. The molecule has 0 unspecified atom stereocenters. The Kier molecular flexibility index (Phi) is 5.02. The van der Waals surface area contributed by atoms with Gasteiger partial charge in [0.15, 0.2) is 0 Å². The molecule has 0 aliphatic carbocycles. The first-order valence-electron chi connectivity index (χ1n) is 5.47. The molecule has 0 radical (unpaired) electrons. The predicted octanol–water partition coefficient (Wildman–Crippen LogP) is 4.81. The van der Waals surface area contributed by atoms with Crippen LogP contribution in [0.25, 0.3) is 6.08 Å². The molecule has 1 aromatic carbocycles. The average Bonchev–Trinajstić information content (AvgIpc) is 2.88. The lowest BCUT2D eigenvalue weighted by Gasteiger charge is -2.04. The number of rotatable bonds is 4. The zero-order valence-electron chi connectivity index (χ0n) is 9.81. The van der Waals surface area contributed by atoms with Crippen LogP contribution in [0.15, 0.2) is 41.8 Å². The molecule has 19 heavy (non-hydrogen) atoms. The maximum Gasteiger partial charge on any atom is 0.331 e. The lowest BCUT2D eigenvalue weighted by molar-refractivity contribution is -0.138. The van der Waals surface area contributed by atoms with Crippen molar-refractivity contribution in [3.05, 3.63) is 62.3 Å². The van der Waals surface area contributed by atoms with Crippen LogP contribution in [0.3, 0.4) is 0 Å². The third-order valence-corrected chi connectivity index (χ3v) is 3.74. The molecule has 2 nitrogen and oxygen atoms in total. The van der Waals surface area contributed by atoms with Crippen molar-refractivity contribution in [1.82, 2.24) is 0 Å². The van der Waals surface area contributed by atoms with E-state index in [0.29, 0.717) is 10.0 Å². The first-order chi connectivity index (χ1) is 9.15. The minimum atomic E-state index is -0.403. The van der Waals surface area contributed by atoms with E-state index in [2.05, 4.69) is 0 Å². The molecule has 0 fully saturated rings. The van der Waals surface area contributed by atoms with Crippen LogP contribution in [-0.2, 0) is 16.1 Å². The Balaban J connectivity index is 1.90. The number of thiophene rings is 1. The van der Waals surface area contributed by atoms with Crippen molar-refractivity contribution in [3.8, 4) is 0 Å². The second-order valence-corrected chi connectivity index (χ2v) is 5.52. The molecule has 0 aliphatic heterocycles. The van der Waals surface area contributed by atoms with Gasteiger partial charge in [-0.15, -0.1) is 11.3 Å². The Bertz CT molecular complexity index is 591. The molecule has 0 spiro atoms. The largest absolute Gasteiger partial charge is 0.458 e. The van der Waals surface area contributed by atoms with E-state index >= 15 is 0 Å². The molecule has 0 saturated heterocycles. The summed E-state index contributed by atoms with van der Waals surface area (Å²) in [5.41, 5.74) is 0.726. The fourth-order valence-corrected chi connectivity index (χ4v) is 2.45. The fraction of sp³-hybridized carbons (Fsp3) is 0.0714. The molecule has 2 aromatic rings. The SMILES string of the molecule is O=C(C=Cc1cccs1)OCc1ccc(Cl)cc1Cl. The van der Waals surface area contributed by atoms with Crippen molar-refractivity contribution in [1.29, 1.82) is 0 Å². The molecule has 0 atom stereocenters. The van der Waals surface area contributed by atoms with Gasteiger partial charge in [-0.1, -0.05) is 35.3 Å². The number of carbonyl (C=O) groups excluding carboxylic acids is 1. The highest BCUT2D eigenvalue weighted by Gasteiger charge is 2.04. The number of hydrogen-bond donors (Lipinski definition) is 0. The summed E-state index contributed by atoms with van der Waals surface area (Å²) in [5, 5.41) is 2.98. The first-order valence-corrected chi connectivity index (χ1v) is 7.11. The highest BCUT2D eigenvalue weighted by molar-refractivity contribution is 7.10. The van der Waals surface area contributed by atoms with E-state index in [1.54, 1.807) is 35.6 Å². The van der Waals surface area contributed by atoms with Gasteiger partial charge >= 0.3 is 5.97 Å². The van der Waals surface area contributed by atoms with E-state index in [1.165, 1.54) is 6.08 Å². The summed E-state index contributed by atoms with van der Waals surface area (Å²) < 4.78 is 5.10. The van der Waals surface area contributed by atoms with Crippen LogP contribution in [0.2, 0.25) is 10.0 Å². The van der Waals surface area contributed by atoms with E-state index in [-0.39, 0.29) is 6.61 Å². The van der Waals surface area contributed by atoms with Gasteiger partial charge in [0.2, 0.25) is 0 Å². The molecule has 0 saturated carbocycles. The molecule has 0 amide bonds. The Morgan fingerprint density at radius 2 is 2.16 bits per heavy atom. The van der Waals surface area contributed by atoms with Crippen LogP contribution in [0, 0.1) is 0 Å². The number of hydrogen-bond acceptors (Lipinski definition) is 3. The third kappa shape index (κ3) is 4.39. The van der Waals surface area contributed by atoms with Gasteiger partial charge in [-0.3, -0.25) is 0 Å². The van der Waals surface area contributed by atoms with E-state index in [1.807, 2.05) is 17.5 Å². The molecular weight excluding hydrogens is 303 g/mol. The zero-order valence-corrected chi connectivity index (χ0v) is 12.1. The first kappa shape index (κ1) is 14.1. The molecule has 0 N–H and O–H groups in total. The van der Waals surface area contributed by atoms with Crippen LogP contribution in [0.5, 0.6) is 0 Å². The highest BCUT2D eigenvalue weighted by atomic mass is 35.5. The van der Waals surface area contributed by atoms with Crippen LogP contribution in [0.1, 0.15) is 10.4 Å². The van der Waals surface area contributed by atoms with Gasteiger partial charge < -0.3 is 4.74 Å². The molecule has 0 aliphatic rings. The van der Waals surface area contributed by atoms with Crippen LogP contribution < -0.4 is 0 Å². The van der Waals surface area contributed by atoms with Crippen molar-refractivity contribution in [2.75, 3.05) is 0 Å². The fourth-order valence-electron chi connectivity index (χ4n) is 1.37. The Morgan fingerprint density at radius 1 is 1.32 bits per heavy atom. The Labute approximate surface area is 125 Å². The molecular formula is C14H10Cl2O2S. The van der Waals surface area contributed by atoms with Crippen LogP contribution in [-0.4, -0.2) is 5.97 Å². The van der Waals surface area contributed by atoms with Gasteiger partial charge in [-0.25, -0.2) is 4.79 Å². The molecule has 2 rings (SSSR count). The van der Waals surface area contributed by atoms with Gasteiger partial charge in [-0.2, -0.15) is 0 Å². The Morgan fingerprint density at radius 3 is 2.84 bits per heavy atom. The van der Waals surface area contributed by atoms with Gasteiger partial charge in [0.1, 0.15) is 6.61 Å². The van der Waals surface area contributed by atoms with Crippen LogP contribution >= 0.6 is 34.5 Å². The van der Waals surface area contributed by atoms with Gasteiger partial charge in [-0.05, 0) is 29.7 Å². The number of benzene rings is 1. The second-order valence-electron chi connectivity index (χ2n) is 3.69. The molecule has 0 bridgehead atoms. The highest BCUT2D eigenvalue weighted by Crippen LogP contribution is 2.21. The lowest BCUT2D eigenvalue weighted by Crippen LogP contribution is -2.01. The van der Waals surface area contributed by atoms with Crippen molar-refractivity contribution < 1.29 is 9.53 Å². The monoisotopic (exact) mass is 312 g/mol. The molecule has 98 valence electrons. The summed E-state index contributed by atoms with van der Waals surface area (Å²) in [6.45, 7) is 0.129. The summed E-state index contributed by atoms with van der Waals surface area (Å²) in [5.74, 6) is -0.403. The summed E-state index contributed by atoms with van der Waals surface area (Å²) in [4.78, 5) is 12.5. The summed E-state index contributed by atoms with van der Waals surface area (Å²) in [6.07, 6.45) is 3.12. The minimum absolute atomic E-state index is 0.129. The van der Waals surface area contributed by atoms with E-state index in [0.717, 1.165) is 10.4 Å². The number of esters is 1. The smallest absolute Gasteiger partial charge is 0.331 e. The maximum absolute atomic E-state index is 11.5. The molecule has 1 aromatic heterocycles. The van der Waals surface area contributed by atoms with E-state index in [9.17, 15) is 4.79 Å². The van der Waals surface area contributed by atoms with E-state index in [4.69, 9.17) is 27.9 Å². The van der Waals surface area contributed by atoms with Gasteiger partial charge in [0.05, 0.1) is 0 Å². The van der Waals surface area contributed by atoms with E-state index < -0.39 is 5.97 Å². The number of ether oxygens (including phenoxy) is 1. The number of carbonyl (C=O) groups is 1. The Hall–Kier alpha value is -1.29. The van der Waals surface area contributed by atoms with Gasteiger partial charge in [0, 0.05) is 26.6 Å². The maximum atomic E-state index is 11.5. The third-order valence-electron chi connectivity index (χ3n) is 2.31. The zero-order chi connectivity index (χ0) is 13.7. The predicted molar refractivity (Wildman–Crippen MR) is 79.6 cm³/mol. The van der Waals surface area contributed by atoms with Crippen molar-refractivity contribution in [2.24, 2.45) is 0 Å². The van der Waals surface area contributed by atoms with Crippen molar-refractivity contribution >= 4 is 46.6 Å². The van der Waals surface area contributed by atoms with Crippen molar-refractivity contribution in [2.45, 2.75) is 6.61 Å². The quantitative estimate of drug-likeness (QED) is 0.598. The summed E-state index contributed by atoms with van der Waals surface area (Å²) >= 11 is 13.3. The lowest BCUT2D eigenvalue weighted by atomic mass is 10.2. The van der Waals surface area contributed by atoms with Gasteiger partial charge in [0.25, 0.3) is 0 Å². The van der Waals surface area contributed by atoms with Crippen molar-refractivity contribution in [3.63, 3.8) is 0 Å².